The zero-order chi connectivity index (χ0) is 40.5. The van der Waals surface area contributed by atoms with E-state index in [4.69, 9.17) is 19.3 Å². The standard InChI is InChI=1S/C45H52N4O7S/c1-45(2,3)43-48-49(40(57-43)42(52)55-31-35-22-12-6-13-23-35)39(50)37(26-16-17-29-46-44(53)56-32-36-24-14-7-15-25-36)47-38(28-27-33-18-8-4-9-19-33)41(51)54-30-34-20-10-5-11-21-34/h4-15,18-25,37-38,40,47H,16-17,26-32H2,1-3H3,(H,46,53)/t37-,38-,40+/m0/s1. The minimum absolute atomic E-state index is 0.0426. The van der Waals surface area contributed by atoms with Crippen molar-refractivity contribution in [2.75, 3.05) is 6.54 Å². The van der Waals surface area contributed by atoms with Crippen LogP contribution in [0.1, 0.15) is 68.7 Å². The van der Waals surface area contributed by atoms with Gasteiger partial charge in [0.25, 0.3) is 5.91 Å². The number of esters is 2. The quantitative estimate of drug-likeness (QED) is 0.0554. The number of hydrazone groups is 1. The molecule has 0 saturated heterocycles. The van der Waals surface area contributed by atoms with E-state index in [0.717, 1.165) is 22.3 Å². The van der Waals surface area contributed by atoms with Gasteiger partial charge >= 0.3 is 18.0 Å². The monoisotopic (exact) mass is 792 g/mol. The fourth-order valence-corrected chi connectivity index (χ4v) is 7.06. The number of ether oxygens (including phenoxy) is 3. The molecule has 0 bridgehead atoms. The van der Waals surface area contributed by atoms with Gasteiger partial charge in [0.2, 0.25) is 5.37 Å². The molecule has 0 fully saturated rings. The Labute approximate surface area is 339 Å². The minimum Gasteiger partial charge on any atom is -0.460 e. The minimum atomic E-state index is -1.06. The number of alkyl carbamates (subject to hydrolysis) is 1. The van der Waals surface area contributed by atoms with Crippen LogP contribution >= 0.6 is 11.8 Å². The fraction of sp³-hybridized carbons (Fsp3) is 0.356. The van der Waals surface area contributed by atoms with Gasteiger partial charge in [-0.05, 0) is 54.4 Å². The summed E-state index contributed by atoms with van der Waals surface area (Å²) >= 11 is 1.19. The second-order valence-electron chi connectivity index (χ2n) is 14.8. The predicted octanol–water partition coefficient (Wildman–Crippen LogP) is 7.79. The maximum atomic E-state index is 14.7. The van der Waals surface area contributed by atoms with Crippen molar-refractivity contribution in [2.24, 2.45) is 10.5 Å². The highest BCUT2D eigenvalue weighted by Crippen LogP contribution is 2.37. The van der Waals surface area contributed by atoms with E-state index in [1.165, 1.54) is 16.8 Å². The molecule has 57 heavy (non-hydrogen) atoms. The molecule has 0 spiro atoms. The van der Waals surface area contributed by atoms with E-state index in [1.54, 1.807) is 0 Å². The number of hydrogen-bond donors (Lipinski definition) is 2. The van der Waals surface area contributed by atoms with Crippen LogP contribution in [0.3, 0.4) is 0 Å². The maximum absolute atomic E-state index is 14.7. The molecule has 0 saturated carbocycles. The molecule has 4 aromatic rings. The highest BCUT2D eigenvalue weighted by Gasteiger charge is 2.44. The number of benzene rings is 4. The summed E-state index contributed by atoms with van der Waals surface area (Å²) in [5.41, 5.74) is 3.11. The van der Waals surface area contributed by atoms with E-state index in [0.29, 0.717) is 37.3 Å². The van der Waals surface area contributed by atoms with E-state index in [9.17, 15) is 19.2 Å². The summed E-state index contributed by atoms with van der Waals surface area (Å²) in [7, 11) is 0. The Balaban J connectivity index is 1.33. The van der Waals surface area contributed by atoms with Gasteiger partial charge in [0, 0.05) is 12.0 Å². The molecule has 4 aromatic carbocycles. The lowest BCUT2D eigenvalue weighted by atomic mass is 9.99. The van der Waals surface area contributed by atoms with Crippen molar-refractivity contribution >= 4 is 40.7 Å². The normalized spacial score (nSPS) is 14.9. The summed E-state index contributed by atoms with van der Waals surface area (Å²) in [6.45, 7) is 6.48. The molecule has 5 rings (SSSR count). The van der Waals surface area contributed by atoms with Crippen LogP contribution in [0.2, 0.25) is 0 Å². The lowest BCUT2D eigenvalue weighted by Gasteiger charge is -2.28. The molecule has 2 N–H and O–H groups in total. The molecule has 12 heteroatoms. The van der Waals surface area contributed by atoms with Crippen LogP contribution in [-0.4, -0.2) is 58.0 Å². The second kappa shape index (κ2) is 21.7. The smallest absolute Gasteiger partial charge is 0.407 e. The molecule has 1 heterocycles. The number of carbonyl (C=O) groups excluding carboxylic acids is 4. The van der Waals surface area contributed by atoms with Crippen LogP contribution in [0.5, 0.6) is 0 Å². The van der Waals surface area contributed by atoms with Crippen LogP contribution < -0.4 is 10.6 Å². The van der Waals surface area contributed by atoms with Crippen LogP contribution in [0.15, 0.2) is 126 Å². The van der Waals surface area contributed by atoms with Gasteiger partial charge in [-0.2, -0.15) is 5.10 Å². The van der Waals surface area contributed by atoms with Gasteiger partial charge in [0.15, 0.2) is 0 Å². The number of rotatable bonds is 19. The first-order valence-electron chi connectivity index (χ1n) is 19.3. The topological polar surface area (TPSA) is 136 Å². The Morgan fingerprint density at radius 3 is 1.72 bits per heavy atom. The largest absolute Gasteiger partial charge is 0.460 e. The van der Waals surface area contributed by atoms with Gasteiger partial charge in [0.1, 0.15) is 30.9 Å². The Morgan fingerprint density at radius 1 is 0.667 bits per heavy atom. The van der Waals surface area contributed by atoms with Crippen molar-refractivity contribution in [2.45, 2.75) is 90.2 Å². The van der Waals surface area contributed by atoms with Gasteiger partial charge in [-0.3, -0.25) is 14.9 Å². The number of amides is 2. The van der Waals surface area contributed by atoms with Crippen molar-refractivity contribution in [3.8, 4) is 0 Å². The Bertz CT molecular complexity index is 1910. The molecule has 300 valence electrons. The Morgan fingerprint density at radius 2 is 1.18 bits per heavy atom. The summed E-state index contributed by atoms with van der Waals surface area (Å²) in [4.78, 5) is 54.6. The molecule has 0 aromatic heterocycles. The van der Waals surface area contributed by atoms with Crippen molar-refractivity contribution in [1.82, 2.24) is 15.6 Å². The summed E-state index contributed by atoms with van der Waals surface area (Å²) in [5, 5.41) is 11.6. The van der Waals surface area contributed by atoms with Crippen molar-refractivity contribution in [3.05, 3.63) is 144 Å². The highest BCUT2D eigenvalue weighted by molar-refractivity contribution is 8.15. The molecule has 0 unspecified atom stereocenters. The zero-order valence-electron chi connectivity index (χ0n) is 32.8. The highest BCUT2D eigenvalue weighted by atomic mass is 32.2. The van der Waals surface area contributed by atoms with Crippen molar-refractivity contribution in [1.29, 1.82) is 0 Å². The first-order chi connectivity index (χ1) is 27.6. The molecule has 2 amide bonds. The van der Waals surface area contributed by atoms with E-state index in [-0.39, 0.29) is 26.2 Å². The number of nitrogens with one attached hydrogen (secondary N) is 2. The lowest BCUT2D eigenvalue weighted by molar-refractivity contribution is -0.153. The fourth-order valence-electron chi connectivity index (χ4n) is 5.94. The number of unbranched alkanes of at least 4 members (excludes halogenated alkanes) is 1. The van der Waals surface area contributed by atoms with Crippen LogP contribution in [0.25, 0.3) is 0 Å². The molecular weight excluding hydrogens is 741 g/mol. The summed E-state index contributed by atoms with van der Waals surface area (Å²) in [6.07, 6.45) is 1.65. The van der Waals surface area contributed by atoms with E-state index in [2.05, 4.69) is 10.6 Å². The number of hydrogen-bond acceptors (Lipinski definition) is 10. The lowest BCUT2D eigenvalue weighted by Crippen LogP contribution is -2.53. The third-order valence-electron chi connectivity index (χ3n) is 9.11. The average Bonchev–Trinajstić information content (AvgIpc) is 3.70. The van der Waals surface area contributed by atoms with E-state index in [1.807, 2.05) is 142 Å². The molecule has 1 aliphatic heterocycles. The van der Waals surface area contributed by atoms with Gasteiger partial charge in [-0.15, -0.1) is 0 Å². The molecule has 0 radical (unpaired) electrons. The first kappa shape index (κ1) is 42.7. The molecular formula is C45H52N4O7S. The summed E-state index contributed by atoms with van der Waals surface area (Å²) < 4.78 is 16.9. The van der Waals surface area contributed by atoms with Crippen LogP contribution in [0, 0.1) is 5.41 Å². The summed E-state index contributed by atoms with van der Waals surface area (Å²) in [5.74, 6) is -1.57. The number of thioether (sulfide) groups is 1. The van der Waals surface area contributed by atoms with Crippen LogP contribution in [-0.2, 0) is 54.8 Å². The number of aryl methyl sites for hydroxylation is 1. The van der Waals surface area contributed by atoms with Crippen molar-refractivity contribution in [3.63, 3.8) is 0 Å². The third kappa shape index (κ3) is 13.9. The molecule has 11 nitrogen and oxygen atoms in total. The maximum Gasteiger partial charge on any atom is 0.407 e. The SMILES string of the molecule is CC(C)(C)C1=NN(C(=O)[C@H](CCCCNC(=O)OCc2ccccc2)N[C@@H](CCc2ccccc2)C(=O)OCc2ccccc2)[C@@H](C(=O)OCc2ccccc2)S1. The summed E-state index contributed by atoms with van der Waals surface area (Å²) in [6, 6.07) is 36.1. The van der Waals surface area contributed by atoms with Crippen molar-refractivity contribution < 1.29 is 33.4 Å². The number of nitrogens with zero attached hydrogens (tertiary/aromatic N) is 2. The average molecular weight is 793 g/mol. The van der Waals surface area contributed by atoms with Gasteiger partial charge in [-0.25, -0.2) is 14.6 Å². The van der Waals surface area contributed by atoms with Gasteiger partial charge in [-0.1, -0.05) is 154 Å². The van der Waals surface area contributed by atoms with E-state index >= 15 is 0 Å². The van der Waals surface area contributed by atoms with Gasteiger partial charge < -0.3 is 19.5 Å². The Hall–Kier alpha value is -5.46. The van der Waals surface area contributed by atoms with Crippen LogP contribution in [0.4, 0.5) is 4.79 Å². The third-order valence-corrected chi connectivity index (χ3v) is 10.6. The predicted molar refractivity (Wildman–Crippen MR) is 222 cm³/mol. The zero-order valence-corrected chi connectivity index (χ0v) is 33.6. The second-order valence-corrected chi connectivity index (χ2v) is 15.8. The van der Waals surface area contributed by atoms with E-state index < -0.39 is 46.8 Å². The first-order valence-corrected chi connectivity index (χ1v) is 20.2. The molecule has 1 aliphatic rings. The molecule has 0 aliphatic carbocycles. The van der Waals surface area contributed by atoms with Gasteiger partial charge in [0.05, 0.1) is 6.04 Å². The number of carbonyl (C=O) groups is 4. The molecule has 3 atom stereocenters. The Kier molecular flexibility index (Phi) is 16.3.